The fraction of sp³-hybridized carbons (Fsp3) is 0.280. The number of halogens is 4. The van der Waals surface area contributed by atoms with Crippen molar-refractivity contribution in [2.24, 2.45) is 0 Å². The number of amides is 1. The molecule has 4 heterocycles. The Morgan fingerprint density at radius 2 is 1.92 bits per heavy atom. The van der Waals surface area contributed by atoms with E-state index in [1.165, 1.54) is 6.20 Å². The van der Waals surface area contributed by atoms with Crippen LogP contribution < -0.4 is 10.2 Å². The summed E-state index contributed by atoms with van der Waals surface area (Å²) in [6, 6.07) is 1.79. The molecule has 5 rings (SSSR count). The summed E-state index contributed by atoms with van der Waals surface area (Å²) in [6.07, 6.45) is 5.18. The fourth-order valence-electron chi connectivity index (χ4n) is 4.08. The van der Waals surface area contributed by atoms with Gasteiger partial charge in [0.1, 0.15) is 11.5 Å². The lowest BCUT2D eigenvalue weighted by Crippen LogP contribution is -2.38. The molecule has 1 N–H and O–H groups in total. The Hall–Kier alpha value is -4.06. The van der Waals surface area contributed by atoms with Crippen LogP contribution in [-0.4, -0.2) is 48.7 Å². The average Bonchev–Trinajstić information content (AvgIpc) is 3.33. The number of nitrogens with one attached hydrogen (secondary N) is 1. The second-order valence-electron chi connectivity index (χ2n) is 8.80. The Morgan fingerprint density at radius 1 is 1.13 bits per heavy atom. The van der Waals surface area contributed by atoms with E-state index in [1.54, 1.807) is 17.1 Å². The van der Waals surface area contributed by atoms with Gasteiger partial charge in [0, 0.05) is 30.4 Å². The Kier molecular flexibility index (Phi) is 6.98. The number of hydrogen-bond acceptors (Lipinski definition) is 7. The zero-order chi connectivity index (χ0) is 27.0. The van der Waals surface area contributed by atoms with E-state index < -0.39 is 29.3 Å². The minimum atomic E-state index is -2.98. The van der Waals surface area contributed by atoms with Crippen LogP contribution in [0.25, 0.3) is 11.3 Å². The lowest BCUT2D eigenvalue weighted by molar-refractivity contribution is 0.102. The first kappa shape index (κ1) is 25.6. The van der Waals surface area contributed by atoms with Crippen LogP contribution >= 0.6 is 11.6 Å². The first-order chi connectivity index (χ1) is 18.2. The van der Waals surface area contributed by atoms with Gasteiger partial charge in [0.15, 0.2) is 5.82 Å². The highest BCUT2D eigenvalue weighted by Gasteiger charge is 2.23. The van der Waals surface area contributed by atoms with Crippen LogP contribution in [0.1, 0.15) is 53.3 Å². The van der Waals surface area contributed by atoms with Crippen molar-refractivity contribution in [3.63, 3.8) is 0 Å². The van der Waals surface area contributed by atoms with Gasteiger partial charge in [-0.1, -0.05) is 17.7 Å². The number of anilines is 2. The standard InChI is InChI=1S/C25H22ClF3N8O/c1-13-24(36-6-3-7-36)31-11-18(33-13)14(2)37-12-15(8-32-37)34-25(38)20-10-30-9-19(35-20)21-16(23(28)29)4-5-17(26)22(21)27/h4-5,8-12,14,23H,3,6-7H2,1-2H3,(H,34,38)/t14-/m1/s1. The van der Waals surface area contributed by atoms with Crippen LogP contribution in [0.3, 0.4) is 0 Å². The summed E-state index contributed by atoms with van der Waals surface area (Å²) in [5.41, 5.74) is 0.346. The van der Waals surface area contributed by atoms with Crippen LogP contribution in [0.5, 0.6) is 0 Å². The number of carbonyl (C=O) groups excluding carboxylic acids is 1. The number of alkyl halides is 2. The Balaban J connectivity index is 1.34. The van der Waals surface area contributed by atoms with E-state index in [1.807, 2.05) is 13.8 Å². The summed E-state index contributed by atoms with van der Waals surface area (Å²) in [5, 5.41) is 6.60. The highest BCUT2D eigenvalue weighted by Crippen LogP contribution is 2.35. The van der Waals surface area contributed by atoms with Gasteiger partial charge in [-0.3, -0.25) is 19.4 Å². The average molecular weight is 543 g/mol. The lowest BCUT2D eigenvalue weighted by Gasteiger charge is -2.32. The van der Waals surface area contributed by atoms with Gasteiger partial charge in [0.25, 0.3) is 12.3 Å². The number of nitrogens with zero attached hydrogens (tertiary/aromatic N) is 7. The van der Waals surface area contributed by atoms with Crippen LogP contribution in [-0.2, 0) is 0 Å². The molecule has 0 spiro atoms. The van der Waals surface area contributed by atoms with Crippen LogP contribution in [0, 0.1) is 12.7 Å². The molecule has 13 heteroatoms. The van der Waals surface area contributed by atoms with Crippen molar-refractivity contribution in [2.75, 3.05) is 23.3 Å². The molecule has 0 saturated carbocycles. The summed E-state index contributed by atoms with van der Waals surface area (Å²) in [7, 11) is 0. The van der Waals surface area contributed by atoms with Gasteiger partial charge in [0.2, 0.25) is 0 Å². The Labute approximate surface area is 220 Å². The topological polar surface area (TPSA) is 102 Å². The van der Waals surface area contributed by atoms with E-state index in [2.05, 4.69) is 35.3 Å². The normalized spacial score (nSPS) is 13.9. The molecule has 1 aliphatic heterocycles. The van der Waals surface area contributed by atoms with Gasteiger partial charge in [-0.2, -0.15) is 5.10 Å². The lowest BCUT2D eigenvalue weighted by atomic mass is 10.0. The second-order valence-corrected chi connectivity index (χ2v) is 9.21. The molecule has 1 fully saturated rings. The van der Waals surface area contributed by atoms with Crippen molar-refractivity contribution in [3.05, 3.63) is 76.6 Å². The van der Waals surface area contributed by atoms with Crippen molar-refractivity contribution in [1.82, 2.24) is 29.7 Å². The van der Waals surface area contributed by atoms with Gasteiger partial charge in [0.05, 0.1) is 58.6 Å². The maximum absolute atomic E-state index is 14.7. The van der Waals surface area contributed by atoms with E-state index in [9.17, 15) is 18.0 Å². The van der Waals surface area contributed by atoms with Gasteiger partial charge < -0.3 is 10.2 Å². The summed E-state index contributed by atoms with van der Waals surface area (Å²) in [6.45, 7) is 5.77. The molecule has 0 bridgehead atoms. The van der Waals surface area contributed by atoms with Gasteiger partial charge in [-0.05, 0) is 26.3 Å². The molecule has 1 amide bonds. The molecule has 196 valence electrons. The van der Waals surface area contributed by atoms with Crippen molar-refractivity contribution in [1.29, 1.82) is 0 Å². The summed E-state index contributed by atoms with van der Waals surface area (Å²) in [5.74, 6) is -0.868. The van der Waals surface area contributed by atoms with Gasteiger partial charge >= 0.3 is 0 Å². The summed E-state index contributed by atoms with van der Waals surface area (Å²) in [4.78, 5) is 32.2. The highest BCUT2D eigenvalue weighted by molar-refractivity contribution is 6.31. The molecule has 1 aromatic carbocycles. The van der Waals surface area contributed by atoms with E-state index in [4.69, 9.17) is 11.6 Å². The zero-order valence-electron chi connectivity index (χ0n) is 20.4. The first-order valence-electron chi connectivity index (χ1n) is 11.8. The molecule has 1 atom stereocenters. The van der Waals surface area contributed by atoms with E-state index >= 15 is 0 Å². The Morgan fingerprint density at radius 3 is 2.61 bits per heavy atom. The molecule has 0 aliphatic carbocycles. The number of aryl methyl sites for hydroxylation is 1. The number of benzene rings is 1. The minimum absolute atomic E-state index is 0.203. The van der Waals surface area contributed by atoms with Gasteiger partial charge in [-0.15, -0.1) is 0 Å². The number of aromatic nitrogens is 6. The molecule has 1 saturated heterocycles. The molecule has 4 aromatic rings. The van der Waals surface area contributed by atoms with Gasteiger partial charge in [-0.25, -0.2) is 23.1 Å². The predicted molar refractivity (Wildman–Crippen MR) is 135 cm³/mol. The van der Waals surface area contributed by atoms with Crippen LogP contribution in [0.4, 0.5) is 24.7 Å². The second kappa shape index (κ2) is 10.4. The monoisotopic (exact) mass is 542 g/mol. The quantitative estimate of drug-likeness (QED) is 0.341. The SMILES string of the molecule is Cc1nc([C@@H](C)n2cc(NC(=O)c3cncc(-c4c(C(F)F)ccc(Cl)c4F)n3)cn2)cnc1N1CCC1. The fourth-order valence-corrected chi connectivity index (χ4v) is 4.24. The zero-order valence-corrected chi connectivity index (χ0v) is 21.1. The molecule has 3 aromatic heterocycles. The number of rotatable bonds is 7. The molecule has 0 unspecified atom stereocenters. The van der Waals surface area contributed by atoms with Crippen LogP contribution in [0.15, 0.2) is 43.1 Å². The van der Waals surface area contributed by atoms with E-state index in [0.29, 0.717) is 11.4 Å². The predicted octanol–water partition coefficient (Wildman–Crippen LogP) is 5.24. The van der Waals surface area contributed by atoms with Crippen molar-refractivity contribution in [2.45, 2.75) is 32.7 Å². The molecule has 0 radical (unpaired) electrons. The number of hydrogen-bond donors (Lipinski definition) is 1. The largest absolute Gasteiger partial charge is 0.355 e. The highest BCUT2D eigenvalue weighted by atomic mass is 35.5. The maximum atomic E-state index is 14.7. The van der Waals surface area contributed by atoms with E-state index in [0.717, 1.165) is 55.5 Å². The summed E-state index contributed by atoms with van der Waals surface area (Å²) < 4.78 is 43.3. The summed E-state index contributed by atoms with van der Waals surface area (Å²) >= 11 is 5.79. The van der Waals surface area contributed by atoms with Crippen molar-refractivity contribution < 1.29 is 18.0 Å². The molecular weight excluding hydrogens is 521 g/mol. The minimum Gasteiger partial charge on any atom is -0.355 e. The number of carbonyl (C=O) groups is 1. The molecule has 1 aliphatic rings. The van der Waals surface area contributed by atoms with E-state index in [-0.39, 0.29) is 22.5 Å². The third-order valence-electron chi connectivity index (χ3n) is 6.26. The first-order valence-corrected chi connectivity index (χ1v) is 12.1. The third-order valence-corrected chi connectivity index (χ3v) is 6.56. The smallest absolute Gasteiger partial charge is 0.275 e. The van der Waals surface area contributed by atoms with Crippen molar-refractivity contribution >= 4 is 29.0 Å². The maximum Gasteiger partial charge on any atom is 0.275 e. The third kappa shape index (κ3) is 4.91. The van der Waals surface area contributed by atoms with Crippen LogP contribution in [0.2, 0.25) is 5.02 Å². The molecule has 9 nitrogen and oxygen atoms in total. The molecular formula is C25H22ClF3N8O. The molecule has 38 heavy (non-hydrogen) atoms. The van der Waals surface area contributed by atoms with Crippen molar-refractivity contribution in [3.8, 4) is 11.3 Å². The Bertz CT molecular complexity index is 1510.